The Morgan fingerprint density at radius 2 is 0.608 bits per heavy atom. The van der Waals surface area contributed by atoms with E-state index in [0.29, 0.717) is 23.0 Å². The molecular formula is C40H52NiO8P2. The molecule has 4 aromatic rings. The summed E-state index contributed by atoms with van der Waals surface area (Å²) < 4.78 is 45.9. The fraction of sp³-hybridized carbons (Fsp3) is 0.400. The normalized spacial score (nSPS) is 11.1. The predicted molar refractivity (Wildman–Crippen MR) is 198 cm³/mol. The molecule has 280 valence electrons. The summed E-state index contributed by atoms with van der Waals surface area (Å²) in [6.07, 6.45) is 11.1. The third-order valence-electron chi connectivity index (χ3n) is 7.93. The van der Waals surface area contributed by atoms with E-state index in [4.69, 9.17) is 18.1 Å². The van der Waals surface area contributed by atoms with Gasteiger partial charge in [-0.05, 0) is 97.9 Å². The maximum Gasteiger partial charge on any atom is 2.00 e. The zero-order valence-electron chi connectivity index (χ0n) is 30.2. The average molecular weight is 781 g/mol. The topological polar surface area (TPSA) is 117 Å². The van der Waals surface area contributed by atoms with Gasteiger partial charge >= 0.3 is 32.1 Å². The van der Waals surface area contributed by atoms with E-state index in [9.17, 15) is 18.9 Å². The predicted octanol–water partition coefficient (Wildman–Crippen LogP) is 10.6. The summed E-state index contributed by atoms with van der Waals surface area (Å²) in [5.74, 6) is 1.39. The molecule has 0 aromatic heterocycles. The molecule has 11 heteroatoms. The summed E-state index contributed by atoms with van der Waals surface area (Å²) in [4.78, 5) is 24.8. The summed E-state index contributed by atoms with van der Waals surface area (Å²) in [6, 6.07) is 28.8. The van der Waals surface area contributed by atoms with Crippen molar-refractivity contribution in [1.29, 1.82) is 0 Å². The van der Waals surface area contributed by atoms with Crippen molar-refractivity contribution < 1.29 is 53.5 Å². The largest absolute Gasteiger partial charge is 2.00 e. The van der Waals surface area contributed by atoms with Gasteiger partial charge in [-0.2, -0.15) is 0 Å². The van der Waals surface area contributed by atoms with E-state index in [1.54, 1.807) is 48.5 Å². The van der Waals surface area contributed by atoms with Gasteiger partial charge in [0, 0.05) is 0 Å². The minimum Gasteiger partial charge on any atom is -0.736 e. The quantitative estimate of drug-likeness (QED) is 0.0643. The molecule has 4 rings (SSSR count). The molecule has 0 atom stereocenters. The van der Waals surface area contributed by atoms with E-state index in [2.05, 4.69) is 27.7 Å². The maximum absolute atomic E-state index is 12.4. The van der Waals surface area contributed by atoms with Crippen LogP contribution in [0.1, 0.15) is 101 Å². The van der Waals surface area contributed by atoms with Gasteiger partial charge in [-0.3, -0.25) is 0 Å². The van der Waals surface area contributed by atoms with Crippen LogP contribution in [0.5, 0.6) is 23.0 Å². The number of phosphoric ester groups is 2. The van der Waals surface area contributed by atoms with E-state index < -0.39 is 15.6 Å². The number of phosphoric acid groups is 2. The summed E-state index contributed by atoms with van der Waals surface area (Å²) >= 11 is 0. The Balaban J connectivity index is 0.000000347. The number of para-hydroxylation sites is 4. The van der Waals surface area contributed by atoms with Crippen LogP contribution >= 0.6 is 15.6 Å². The molecule has 0 N–H and O–H groups in total. The second-order valence-corrected chi connectivity index (χ2v) is 14.6. The molecule has 0 radical (unpaired) electrons. The Labute approximate surface area is 315 Å². The first-order chi connectivity index (χ1) is 24.1. The van der Waals surface area contributed by atoms with Gasteiger partial charge in [-0.1, -0.05) is 126 Å². The summed E-state index contributed by atoms with van der Waals surface area (Å²) in [7, 11) is -9.01. The molecule has 0 spiro atoms. The molecule has 0 saturated heterocycles. The first-order valence-corrected chi connectivity index (χ1v) is 20.8. The molecule has 0 aliphatic rings. The average Bonchev–Trinajstić information content (AvgIpc) is 3.10. The molecule has 0 heterocycles. The van der Waals surface area contributed by atoms with Gasteiger partial charge in [0.1, 0.15) is 23.0 Å². The van der Waals surface area contributed by atoms with Crippen molar-refractivity contribution in [3.8, 4) is 23.0 Å². The molecule has 0 aliphatic heterocycles. The van der Waals surface area contributed by atoms with Crippen LogP contribution in [0.15, 0.2) is 97.1 Å². The maximum atomic E-state index is 12.4. The Hall–Kier alpha value is -3.05. The van der Waals surface area contributed by atoms with Crippen LogP contribution in [-0.4, -0.2) is 0 Å². The van der Waals surface area contributed by atoms with Crippen molar-refractivity contribution in [2.24, 2.45) is 0 Å². The molecule has 0 saturated carbocycles. The summed E-state index contributed by atoms with van der Waals surface area (Å²) in [5, 5.41) is 0. The minimum atomic E-state index is -4.50. The molecule has 0 aliphatic carbocycles. The van der Waals surface area contributed by atoms with Crippen LogP contribution in [0.25, 0.3) is 0 Å². The first kappa shape index (κ1) is 44.1. The van der Waals surface area contributed by atoms with Gasteiger partial charge in [0.15, 0.2) is 0 Å². The Morgan fingerprint density at radius 1 is 0.412 bits per heavy atom. The zero-order chi connectivity index (χ0) is 36.2. The van der Waals surface area contributed by atoms with Crippen molar-refractivity contribution in [3.63, 3.8) is 0 Å². The third kappa shape index (κ3) is 16.0. The van der Waals surface area contributed by atoms with Crippen LogP contribution in [0.4, 0.5) is 0 Å². The minimum absolute atomic E-state index is 0. The van der Waals surface area contributed by atoms with E-state index in [0.717, 1.165) is 99.3 Å². The monoisotopic (exact) mass is 780 g/mol. The molecule has 4 aromatic carbocycles. The number of hydrogen-bond donors (Lipinski definition) is 0. The number of rotatable bonds is 20. The standard InChI is InChI=1S/2C20H27O4P.Ni/c2*1-3-5-11-17-13-7-9-15-19(17)23-25(21,22)24-20-16-10-8-14-18(20)12-6-4-2;/h2*7-10,13-16H,3-6,11-12H2,1-2H3,(H,21,22);/q;;+2/p-2. The Bertz CT molecular complexity index is 1440. The third-order valence-corrected chi connectivity index (χ3v) is 9.61. The van der Waals surface area contributed by atoms with E-state index in [-0.39, 0.29) is 16.5 Å². The molecule has 0 bridgehead atoms. The van der Waals surface area contributed by atoms with Crippen LogP contribution in [-0.2, 0) is 51.3 Å². The van der Waals surface area contributed by atoms with E-state index in [1.807, 2.05) is 48.5 Å². The molecule has 8 nitrogen and oxygen atoms in total. The van der Waals surface area contributed by atoms with E-state index >= 15 is 0 Å². The second kappa shape index (κ2) is 23.5. The van der Waals surface area contributed by atoms with Crippen LogP contribution in [0, 0.1) is 0 Å². The fourth-order valence-corrected chi connectivity index (χ4v) is 6.94. The van der Waals surface area contributed by atoms with Crippen LogP contribution in [0.3, 0.4) is 0 Å². The summed E-state index contributed by atoms with van der Waals surface area (Å²) in [6.45, 7) is 8.38. The van der Waals surface area contributed by atoms with Crippen LogP contribution in [0.2, 0.25) is 0 Å². The second-order valence-electron chi connectivity index (χ2n) is 12.1. The smallest absolute Gasteiger partial charge is 0.736 e. The van der Waals surface area contributed by atoms with Gasteiger partial charge in [0.25, 0.3) is 0 Å². The number of hydrogen-bond acceptors (Lipinski definition) is 8. The molecule has 51 heavy (non-hydrogen) atoms. The van der Waals surface area contributed by atoms with Gasteiger partial charge < -0.3 is 27.9 Å². The molecule has 0 unspecified atom stereocenters. The molecule has 0 amide bonds. The zero-order valence-corrected chi connectivity index (χ0v) is 33.0. The van der Waals surface area contributed by atoms with Crippen molar-refractivity contribution in [1.82, 2.24) is 0 Å². The number of unbranched alkanes of at least 4 members (excludes halogenated alkanes) is 4. The molecular weight excluding hydrogens is 729 g/mol. The van der Waals surface area contributed by atoms with E-state index in [1.165, 1.54) is 0 Å². The Morgan fingerprint density at radius 3 is 0.804 bits per heavy atom. The first-order valence-electron chi connectivity index (χ1n) is 17.8. The molecule has 0 fully saturated rings. The van der Waals surface area contributed by atoms with Gasteiger partial charge in [-0.15, -0.1) is 0 Å². The van der Waals surface area contributed by atoms with Crippen molar-refractivity contribution in [2.75, 3.05) is 0 Å². The van der Waals surface area contributed by atoms with Crippen LogP contribution < -0.4 is 27.9 Å². The number of benzene rings is 4. The number of aryl methyl sites for hydroxylation is 4. The van der Waals surface area contributed by atoms with Gasteiger partial charge in [-0.25, -0.2) is 9.13 Å². The SMILES string of the molecule is CCCCc1ccccc1OP(=O)([O-])Oc1ccccc1CCCC.CCCCc1ccccc1OP(=O)([O-])Oc1ccccc1CCCC.[Ni+2]. The van der Waals surface area contributed by atoms with Crippen molar-refractivity contribution in [3.05, 3.63) is 119 Å². The van der Waals surface area contributed by atoms with Gasteiger partial charge in [0.2, 0.25) is 0 Å². The fourth-order valence-electron chi connectivity index (χ4n) is 5.19. The Kier molecular flexibility index (Phi) is 20.3. The van der Waals surface area contributed by atoms with Crippen molar-refractivity contribution >= 4 is 15.6 Å². The summed E-state index contributed by atoms with van der Waals surface area (Å²) in [5.41, 5.74) is 3.51. The van der Waals surface area contributed by atoms with Crippen molar-refractivity contribution in [2.45, 2.75) is 105 Å². The van der Waals surface area contributed by atoms with Gasteiger partial charge in [0.05, 0.1) is 0 Å².